The summed E-state index contributed by atoms with van der Waals surface area (Å²) in [6.07, 6.45) is 8.29. The van der Waals surface area contributed by atoms with Gasteiger partial charge in [-0.1, -0.05) is 0 Å². The van der Waals surface area contributed by atoms with Crippen molar-refractivity contribution in [2.24, 2.45) is 11.8 Å². The summed E-state index contributed by atoms with van der Waals surface area (Å²) in [7, 11) is 0. The molecule has 2 nitrogen and oxygen atoms in total. The van der Waals surface area contributed by atoms with Gasteiger partial charge in [0.25, 0.3) is 0 Å². The van der Waals surface area contributed by atoms with E-state index in [0.717, 1.165) is 32.0 Å². The number of halogens is 3. The number of hydrogen-bond donors (Lipinski definition) is 1. The van der Waals surface area contributed by atoms with Crippen LogP contribution in [0.15, 0.2) is 0 Å². The van der Waals surface area contributed by atoms with Crippen LogP contribution in [0.2, 0.25) is 0 Å². The molecule has 0 aromatic heterocycles. The minimum absolute atomic E-state index is 0.243. The van der Waals surface area contributed by atoms with E-state index in [9.17, 15) is 0 Å². The minimum Gasteiger partial charge on any atom is -0.303 e. The van der Waals surface area contributed by atoms with Gasteiger partial charge in [0.15, 0.2) is 0 Å². The summed E-state index contributed by atoms with van der Waals surface area (Å²) in [5, 5.41) is 5.04. The van der Waals surface area contributed by atoms with E-state index in [2.05, 4.69) is 22.0 Å². The molecule has 1 N–H and O–H groups in total. The minimum atomic E-state index is 0.243. The highest BCUT2D eigenvalue weighted by atomic mass is 35.5. The molecular formula is C18H31Cl3N2S. The van der Waals surface area contributed by atoms with Crippen LogP contribution in [0.4, 0.5) is 0 Å². The van der Waals surface area contributed by atoms with Gasteiger partial charge in [0.2, 0.25) is 0 Å². The lowest BCUT2D eigenvalue weighted by Crippen LogP contribution is -2.40. The molecule has 0 amide bonds. The first-order chi connectivity index (χ1) is 11.6. The van der Waals surface area contributed by atoms with Gasteiger partial charge in [0.05, 0.1) is 0 Å². The zero-order chi connectivity index (χ0) is 16.9. The molecule has 6 heteroatoms. The quantitative estimate of drug-likeness (QED) is 0.632. The van der Waals surface area contributed by atoms with E-state index in [-0.39, 0.29) is 10.8 Å². The van der Waals surface area contributed by atoms with E-state index < -0.39 is 0 Å². The maximum Gasteiger partial charge on any atom is 0.0481 e. The van der Waals surface area contributed by atoms with Crippen LogP contribution in [0, 0.1) is 11.8 Å². The zero-order valence-corrected chi connectivity index (χ0v) is 17.5. The van der Waals surface area contributed by atoms with Gasteiger partial charge < -0.3 is 5.32 Å². The van der Waals surface area contributed by atoms with Crippen LogP contribution >= 0.6 is 46.6 Å². The lowest BCUT2D eigenvalue weighted by Gasteiger charge is -2.38. The van der Waals surface area contributed by atoms with Crippen LogP contribution in [-0.4, -0.2) is 58.3 Å². The normalized spacial score (nSPS) is 39.9. The predicted octanol–water partition coefficient (Wildman–Crippen LogP) is 4.76. The molecule has 0 radical (unpaired) electrons. The van der Waals surface area contributed by atoms with Gasteiger partial charge in [-0.25, -0.2) is 0 Å². The number of hydrogen-bond acceptors (Lipinski definition) is 3. The summed E-state index contributed by atoms with van der Waals surface area (Å²) in [4.78, 5) is 2.56. The molecule has 4 atom stereocenters. The van der Waals surface area contributed by atoms with E-state index >= 15 is 0 Å². The van der Waals surface area contributed by atoms with Crippen molar-refractivity contribution in [3.05, 3.63) is 0 Å². The third-order valence-corrected chi connectivity index (χ3v) is 8.86. The fourth-order valence-corrected chi connectivity index (χ4v) is 7.34. The molecular weight excluding hydrogens is 383 g/mol. The van der Waals surface area contributed by atoms with Crippen LogP contribution in [-0.2, 0) is 0 Å². The van der Waals surface area contributed by atoms with Crippen molar-refractivity contribution in [2.75, 3.05) is 32.1 Å². The molecule has 1 saturated heterocycles. The molecule has 0 aromatic carbocycles. The standard InChI is InChI=1S/C18H31Cl3N2S/c19-14-3-1-13(2-4-14)11-24-18(10-23-8-7-22-12-23)16-6-5-15(20)9-17(16)21/h13-18,22H,1-12H2/t13?,14?,15?,16?,17?,18-/m0/s1. The average Bonchev–Trinajstić information content (AvgIpc) is 3.06. The molecule has 1 heterocycles. The Bertz CT molecular complexity index is 373. The van der Waals surface area contributed by atoms with Crippen LogP contribution in [0.5, 0.6) is 0 Å². The van der Waals surface area contributed by atoms with Crippen molar-refractivity contribution in [3.8, 4) is 0 Å². The van der Waals surface area contributed by atoms with Gasteiger partial charge >= 0.3 is 0 Å². The van der Waals surface area contributed by atoms with E-state index in [4.69, 9.17) is 34.8 Å². The maximum absolute atomic E-state index is 6.75. The van der Waals surface area contributed by atoms with Gasteiger partial charge in [-0.15, -0.1) is 34.8 Å². The monoisotopic (exact) mass is 412 g/mol. The number of thioether (sulfide) groups is 1. The lowest BCUT2D eigenvalue weighted by molar-refractivity contribution is 0.276. The van der Waals surface area contributed by atoms with E-state index in [1.54, 1.807) is 0 Å². The second-order valence-corrected chi connectivity index (χ2v) is 10.9. The van der Waals surface area contributed by atoms with Crippen molar-refractivity contribution >= 4 is 46.6 Å². The van der Waals surface area contributed by atoms with Crippen molar-refractivity contribution in [1.29, 1.82) is 0 Å². The Balaban J connectivity index is 1.54. The highest BCUT2D eigenvalue weighted by Crippen LogP contribution is 2.40. The Kier molecular flexibility index (Phi) is 8.20. The van der Waals surface area contributed by atoms with E-state index in [0.29, 0.717) is 16.5 Å². The molecule has 3 rings (SSSR count). The maximum atomic E-state index is 6.75. The molecule has 1 aliphatic heterocycles. The first-order valence-corrected chi connectivity index (χ1v) is 11.9. The molecule has 3 aliphatic rings. The lowest BCUT2D eigenvalue weighted by atomic mass is 9.85. The third kappa shape index (κ3) is 5.82. The second kappa shape index (κ2) is 9.90. The Morgan fingerprint density at radius 2 is 1.75 bits per heavy atom. The fourth-order valence-electron chi connectivity index (χ4n) is 4.33. The van der Waals surface area contributed by atoms with Crippen LogP contribution in [0.25, 0.3) is 0 Å². The van der Waals surface area contributed by atoms with Gasteiger partial charge in [0, 0.05) is 47.7 Å². The SMILES string of the molecule is ClC1CCC(CS[C@@H](CN2CCNC2)C2CCC(Cl)CC2Cl)CC1. The number of nitrogens with zero attached hydrogens (tertiary/aromatic N) is 1. The Morgan fingerprint density at radius 3 is 2.42 bits per heavy atom. The summed E-state index contributed by atoms with van der Waals surface area (Å²) in [5.41, 5.74) is 0. The largest absolute Gasteiger partial charge is 0.303 e. The summed E-state index contributed by atoms with van der Waals surface area (Å²) >= 11 is 21.5. The predicted molar refractivity (Wildman–Crippen MR) is 109 cm³/mol. The van der Waals surface area contributed by atoms with Crippen LogP contribution < -0.4 is 5.32 Å². The molecule has 3 fully saturated rings. The van der Waals surface area contributed by atoms with Gasteiger partial charge in [-0.2, -0.15) is 11.8 Å². The van der Waals surface area contributed by atoms with Crippen molar-refractivity contribution in [1.82, 2.24) is 10.2 Å². The van der Waals surface area contributed by atoms with Gasteiger partial charge in [-0.3, -0.25) is 4.90 Å². The number of alkyl halides is 3. The fraction of sp³-hybridized carbons (Fsp3) is 1.00. The Labute approximate surface area is 166 Å². The molecule has 2 saturated carbocycles. The van der Waals surface area contributed by atoms with Crippen LogP contribution in [0.1, 0.15) is 44.9 Å². The molecule has 24 heavy (non-hydrogen) atoms. The van der Waals surface area contributed by atoms with Gasteiger partial charge in [-0.05, 0) is 62.5 Å². The average molecular weight is 414 g/mol. The van der Waals surface area contributed by atoms with Crippen molar-refractivity contribution < 1.29 is 0 Å². The summed E-state index contributed by atoms with van der Waals surface area (Å²) < 4.78 is 0. The number of nitrogens with one attached hydrogen (secondary N) is 1. The van der Waals surface area contributed by atoms with Crippen LogP contribution in [0.3, 0.4) is 0 Å². The summed E-state index contributed by atoms with van der Waals surface area (Å²) in [5.74, 6) is 2.74. The zero-order valence-electron chi connectivity index (χ0n) is 14.4. The smallest absolute Gasteiger partial charge is 0.0481 e. The highest BCUT2D eigenvalue weighted by molar-refractivity contribution is 7.99. The molecule has 0 aromatic rings. The summed E-state index contributed by atoms with van der Waals surface area (Å²) in [6, 6.07) is 0. The molecule has 0 bridgehead atoms. The molecule has 140 valence electrons. The van der Waals surface area contributed by atoms with E-state index in [1.165, 1.54) is 50.9 Å². The molecule has 2 aliphatic carbocycles. The van der Waals surface area contributed by atoms with Crippen molar-refractivity contribution in [3.63, 3.8) is 0 Å². The van der Waals surface area contributed by atoms with Gasteiger partial charge in [0.1, 0.15) is 0 Å². The molecule has 3 unspecified atom stereocenters. The Hall–Kier alpha value is 1.14. The molecule has 0 spiro atoms. The Morgan fingerprint density at radius 1 is 1.00 bits per heavy atom. The number of rotatable bonds is 6. The van der Waals surface area contributed by atoms with E-state index in [1.807, 2.05) is 0 Å². The third-order valence-electron chi connectivity index (χ3n) is 5.94. The first-order valence-electron chi connectivity index (χ1n) is 9.58. The van der Waals surface area contributed by atoms with Crippen molar-refractivity contribution in [2.45, 2.75) is 66.3 Å². The summed E-state index contributed by atoms with van der Waals surface area (Å²) in [6.45, 7) is 4.50. The highest BCUT2D eigenvalue weighted by Gasteiger charge is 2.35. The topological polar surface area (TPSA) is 15.3 Å². The second-order valence-electron chi connectivity index (χ2n) is 7.82. The first kappa shape index (κ1) is 19.9.